The van der Waals surface area contributed by atoms with Gasteiger partial charge >= 0.3 is 0 Å². The number of benzene rings is 1. The van der Waals surface area contributed by atoms with Crippen LogP contribution < -0.4 is 43.4 Å². The molecule has 13 atom stereocenters. The zero-order chi connectivity index (χ0) is 54.5. The van der Waals surface area contributed by atoms with Crippen molar-refractivity contribution in [2.75, 3.05) is 32.7 Å². The highest BCUT2D eigenvalue weighted by molar-refractivity contribution is 5.98. The average molecular weight is 1050 g/mol. The summed E-state index contributed by atoms with van der Waals surface area (Å²) in [5.74, 6) is -4.47. The number of phenols is 1. The number of nitrogens with one attached hydrogen (secondary N) is 6. The minimum absolute atomic E-state index is 0.0168. The van der Waals surface area contributed by atoms with E-state index in [1.54, 1.807) is 6.92 Å². The predicted octanol–water partition coefficient (Wildman–Crippen LogP) is -0.744. The maximum atomic E-state index is 14.5. The number of nitrogens with two attached hydrogens (primary N) is 2. The monoisotopic (exact) mass is 1040 g/mol. The quantitative estimate of drug-likeness (QED) is 0.0601. The van der Waals surface area contributed by atoms with Gasteiger partial charge in [-0.3, -0.25) is 38.9 Å². The molecule has 3 aliphatic heterocycles. The van der Waals surface area contributed by atoms with Crippen molar-refractivity contribution in [3.8, 4) is 5.75 Å². The lowest BCUT2D eigenvalue weighted by Crippen LogP contribution is -2.64. The molecule has 4 rings (SSSR count). The Labute approximate surface area is 436 Å². The van der Waals surface area contributed by atoms with E-state index in [1.807, 2.05) is 0 Å². The Morgan fingerprint density at radius 2 is 1.41 bits per heavy atom. The van der Waals surface area contributed by atoms with Gasteiger partial charge < -0.3 is 73.4 Å². The molecule has 3 fully saturated rings. The van der Waals surface area contributed by atoms with E-state index < -0.39 is 115 Å². The molecule has 13 unspecified atom stereocenters. The second kappa shape index (κ2) is 31.2. The van der Waals surface area contributed by atoms with Crippen LogP contribution in [0.25, 0.3) is 0 Å². The highest BCUT2D eigenvalue weighted by Gasteiger charge is 2.46. The largest absolute Gasteiger partial charge is 0.508 e. The fraction of sp³-hybridized carbons (Fsp3) is 0.750. The number of fused-ring (bicyclic) bond motifs is 2. The third-order valence-corrected chi connectivity index (χ3v) is 14.7. The Bertz CT molecular complexity index is 1970. The molecular weight excluding hydrogens is 957 g/mol. The van der Waals surface area contributed by atoms with E-state index in [0.29, 0.717) is 30.2 Å². The van der Waals surface area contributed by atoms with Gasteiger partial charge in [-0.2, -0.15) is 0 Å². The minimum Gasteiger partial charge on any atom is -0.508 e. The van der Waals surface area contributed by atoms with Crippen molar-refractivity contribution in [1.29, 1.82) is 0 Å². The van der Waals surface area contributed by atoms with Gasteiger partial charge in [-0.25, -0.2) is 0 Å². The van der Waals surface area contributed by atoms with E-state index in [1.165, 1.54) is 48.4 Å². The number of hydrogen-bond donors (Lipinski definition) is 13. The van der Waals surface area contributed by atoms with Crippen LogP contribution in [-0.2, 0) is 40.0 Å². The molecule has 0 saturated carbocycles. The second-order valence-electron chi connectivity index (χ2n) is 20.8. The van der Waals surface area contributed by atoms with E-state index in [9.17, 15) is 59.1 Å². The molecule has 74 heavy (non-hydrogen) atoms. The third kappa shape index (κ3) is 18.7. The van der Waals surface area contributed by atoms with Crippen molar-refractivity contribution in [2.45, 2.75) is 204 Å². The van der Waals surface area contributed by atoms with Gasteiger partial charge in [0.1, 0.15) is 48.2 Å². The predicted molar refractivity (Wildman–Crippen MR) is 276 cm³/mol. The summed E-state index contributed by atoms with van der Waals surface area (Å²) in [6.07, 6.45) is 1.03. The Morgan fingerprint density at radius 1 is 0.743 bits per heavy atom. The number of rotatable bonds is 23. The standard InChI is InChI=1S/C52H88N10O12/c1-5-31(3)26-32(4)14-11-9-7-8-10-12-16-43(68)56-37-29-42(67)46(55-24-23-54)60-48(70)38-15-13-25-61(38)52(74)45(40(65)21-22-53)59-50(72)44(41(66)27-33-17-19-34(63)20-18-33)58-49(71)39-28-35(64)30-62(39)51(73)36(6-2)57-47(37)69/h17-20,31-32,35-42,44-46,55,63-67H,5-16,21-30,53-54H2,1-4H3,(H,56,68)(H,57,69)(H,58,71)(H,59,72)(H,60,70). The van der Waals surface area contributed by atoms with Crippen LogP contribution in [0.15, 0.2) is 24.3 Å². The number of amides is 7. The first-order valence-electron chi connectivity index (χ1n) is 27.1. The molecule has 1 aromatic rings. The third-order valence-electron chi connectivity index (χ3n) is 14.7. The van der Waals surface area contributed by atoms with Crippen LogP contribution in [0.4, 0.5) is 0 Å². The maximum absolute atomic E-state index is 14.5. The van der Waals surface area contributed by atoms with Crippen LogP contribution >= 0.6 is 0 Å². The molecule has 3 heterocycles. The molecule has 0 radical (unpaired) electrons. The van der Waals surface area contributed by atoms with Gasteiger partial charge in [0, 0.05) is 51.9 Å². The smallest absolute Gasteiger partial charge is 0.248 e. The van der Waals surface area contributed by atoms with Crippen molar-refractivity contribution < 1.29 is 59.1 Å². The highest BCUT2D eigenvalue weighted by Crippen LogP contribution is 2.25. The molecule has 0 aliphatic carbocycles. The number of aromatic hydroxyl groups is 1. The number of hydrogen-bond acceptors (Lipinski definition) is 15. The van der Waals surface area contributed by atoms with Gasteiger partial charge in [0.2, 0.25) is 41.4 Å². The SMILES string of the molecule is CCC(C)CC(C)CCCCCCCCC(=O)NC1CC(O)C(NCCN)NC(=O)C2CCCN2C(=O)C(C(O)CCN)NC(=O)C(C(O)Cc2ccc(O)cc2)NC(=O)C2CC(O)CN2C(=O)C(CC)NC1=O. The first kappa shape index (κ1) is 61.6. The number of carbonyl (C=O) groups excluding carboxylic acids is 7. The summed E-state index contributed by atoms with van der Waals surface area (Å²) in [5.41, 5.74) is 12.1. The highest BCUT2D eigenvalue weighted by atomic mass is 16.3. The maximum Gasteiger partial charge on any atom is 0.248 e. The van der Waals surface area contributed by atoms with Crippen molar-refractivity contribution >= 4 is 41.4 Å². The summed E-state index contributed by atoms with van der Waals surface area (Å²) >= 11 is 0. The van der Waals surface area contributed by atoms with Crippen molar-refractivity contribution in [2.24, 2.45) is 23.3 Å². The number of unbranched alkanes of at least 4 members (excludes halogenated alkanes) is 5. The average Bonchev–Trinajstić information content (AvgIpc) is 4.03. The molecule has 22 nitrogen and oxygen atoms in total. The Morgan fingerprint density at radius 3 is 2.07 bits per heavy atom. The molecule has 15 N–H and O–H groups in total. The van der Waals surface area contributed by atoms with Crippen molar-refractivity contribution in [3.05, 3.63) is 29.8 Å². The van der Waals surface area contributed by atoms with E-state index in [2.05, 4.69) is 52.7 Å². The molecule has 3 saturated heterocycles. The van der Waals surface area contributed by atoms with Crippen LogP contribution in [0.1, 0.15) is 136 Å². The van der Waals surface area contributed by atoms with Gasteiger partial charge in [0.05, 0.1) is 24.4 Å². The molecular formula is C52H88N10O12. The zero-order valence-corrected chi connectivity index (χ0v) is 44.0. The lowest BCUT2D eigenvalue weighted by molar-refractivity contribution is -0.146. The molecule has 7 amide bonds. The number of carbonyl (C=O) groups is 7. The molecule has 1 aromatic carbocycles. The normalized spacial score (nSPS) is 27.4. The summed E-state index contributed by atoms with van der Waals surface area (Å²) < 4.78 is 0. The Hall–Kier alpha value is -4.97. The van der Waals surface area contributed by atoms with Gasteiger partial charge in [0.15, 0.2) is 0 Å². The van der Waals surface area contributed by atoms with Gasteiger partial charge in [-0.1, -0.05) is 84.8 Å². The van der Waals surface area contributed by atoms with E-state index in [-0.39, 0.29) is 77.0 Å². The fourth-order valence-electron chi connectivity index (χ4n) is 10.2. The van der Waals surface area contributed by atoms with Crippen LogP contribution in [0.5, 0.6) is 5.75 Å². The number of phenolic OH excluding ortho intramolecular Hbond substituents is 1. The number of nitrogens with zero attached hydrogens (tertiary/aromatic N) is 2. The number of aliphatic hydroxyl groups excluding tert-OH is 4. The fourth-order valence-corrected chi connectivity index (χ4v) is 10.2. The van der Waals surface area contributed by atoms with E-state index in [4.69, 9.17) is 11.5 Å². The Kier molecular flexibility index (Phi) is 25.9. The molecule has 418 valence electrons. The minimum atomic E-state index is -1.85. The second-order valence-corrected chi connectivity index (χ2v) is 20.8. The van der Waals surface area contributed by atoms with E-state index in [0.717, 1.165) is 37.0 Å². The topological polar surface area (TPSA) is 351 Å². The van der Waals surface area contributed by atoms with Gasteiger partial charge in [-0.05, 0) is 74.6 Å². The first-order chi connectivity index (χ1) is 35.3. The van der Waals surface area contributed by atoms with Crippen molar-refractivity contribution in [3.63, 3.8) is 0 Å². The lowest BCUT2D eigenvalue weighted by Gasteiger charge is -2.34. The number of aliphatic hydroxyl groups is 4. The molecule has 22 heteroatoms. The van der Waals surface area contributed by atoms with Crippen molar-refractivity contribution in [1.82, 2.24) is 41.7 Å². The van der Waals surface area contributed by atoms with Crippen LogP contribution in [0.3, 0.4) is 0 Å². The summed E-state index contributed by atoms with van der Waals surface area (Å²) in [6.45, 7) is 8.11. The molecule has 3 aliphatic rings. The summed E-state index contributed by atoms with van der Waals surface area (Å²) in [7, 11) is 0. The van der Waals surface area contributed by atoms with Crippen LogP contribution in [0, 0.1) is 11.8 Å². The molecule has 0 bridgehead atoms. The summed E-state index contributed by atoms with van der Waals surface area (Å²) in [6, 6.07) is -3.29. The molecule has 0 aromatic heterocycles. The van der Waals surface area contributed by atoms with Gasteiger partial charge in [-0.15, -0.1) is 0 Å². The first-order valence-corrected chi connectivity index (χ1v) is 27.1. The van der Waals surface area contributed by atoms with Crippen LogP contribution in [0.2, 0.25) is 0 Å². The summed E-state index contributed by atoms with van der Waals surface area (Å²) in [5, 5.41) is 71.8. The Balaban J connectivity index is 1.66. The molecule has 0 spiro atoms. The lowest BCUT2D eigenvalue weighted by atomic mass is 9.91. The van der Waals surface area contributed by atoms with Crippen LogP contribution in [-0.4, -0.2) is 176 Å². The van der Waals surface area contributed by atoms with Gasteiger partial charge in [0.25, 0.3) is 0 Å². The zero-order valence-electron chi connectivity index (χ0n) is 44.0. The van der Waals surface area contributed by atoms with E-state index >= 15 is 0 Å². The summed E-state index contributed by atoms with van der Waals surface area (Å²) in [4.78, 5) is 102.